The van der Waals surface area contributed by atoms with Crippen LogP contribution in [0, 0.1) is 0 Å². The van der Waals surface area contributed by atoms with Crippen molar-refractivity contribution >= 4 is 27.5 Å². The molecule has 1 amide bonds. The number of hydrogen-bond donors (Lipinski definition) is 2. The number of nitrogens with zero attached hydrogens (tertiary/aromatic N) is 1. The van der Waals surface area contributed by atoms with Crippen molar-refractivity contribution in [2.45, 2.75) is 13.5 Å². The summed E-state index contributed by atoms with van der Waals surface area (Å²) in [5, 5.41) is 9.26. The zero-order valence-electron chi connectivity index (χ0n) is 9.11. The van der Waals surface area contributed by atoms with Gasteiger partial charge in [0, 0.05) is 22.3 Å². The molecule has 16 heavy (non-hydrogen) atoms. The van der Waals surface area contributed by atoms with Crippen LogP contribution in [0.3, 0.4) is 0 Å². The topological polar surface area (TPSA) is 66.6 Å². The van der Waals surface area contributed by atoms with Gasteiger partial charge in [0.05, 0.1) is 13.2 Å². The summed E-state index contributed by atoms with van der Waals surface area (Å²) in [6, 6.07) is 5.57. The highest BCUT2D eigenvalue weighted by Gasteiger charge is 2.11. The third-order valence-electron chi connectivity index (χ3n) is 2.28. The summed E-state index contributed by atoms with van der Waals surface area (Å²) < 4.78 is 0.899. The van der Waals surface area contributed by atoms with E-state index in [9.17, 15) is 9.90 Å². The Bertz CT molecular complexity index is 382. The van der Waals surface area contributed by atoms with Crippen molar-refractivity contribution in [1.29, 1.82) is 0 Å². The van der Waals surface area contributed by atoms with Crippen LogP contribution in [0.5, 0.6) is 0 Å². The third kappa shape index (κ3) is 3.21. The molecular weight excluding hydrogens is 272 g/mol. The Morgan fingerprint density at radius 1 is 1.56 bits per heavy atom. The average Bonchev–Trinajstić information content (AvgIpc) is 2.25. The van der Waals surface area contributed by atoms with Gasteiger partial charge < -0.3 is 15.7 Å². The van der Waals surface area contributed by atoms with Crippen LogP contribution in [-0.4, -0.2) is 24.1 Å². The van der Waals surface area contributed by atoms with Crippen LogP contribution in [0.1, 0.15) is 12.5 Å². The molecular formula is C11H15BrN2O2. The molecule has 0 fully saturated rings. The molecule has 4 nitrogen and oxygen atoms in total. The minimum Gasteiger partial charge on any atom is -0.392 e. The molecule has 0 aliphatic carbocycles. The molecule has 0 aliphatic rings. The smallest absolute Gasteiger partial charge is 0.236 e. The molecule has 3 N–H and O–H groups in total. The Morgan fingerprint density at radius 2 is 2.25 bits per heavy atom. The van der Waals surface area contributed by atoms with Crippen LogP contribution >= 0.6 is 15.9 Å². The number of amides is 1. The lowest BCUT2D eigenvalue weighted by molar-refractivity contribution is -0.116. The number of halogens is 1. The molecule has 1 rings (SSSR count). The summed E-state index contributed by atoms with van der Waals surface area (Å²) in [7, 11) is 0. The maximum absolute atomic E-state index is 10.9. The molecule has 0 radical (unpaired) electrons. The van der Waals surface area contributed by atoms with Gasteiger partial charge in [-0.1, -0.05) is 15.9 Å². The van der Waals surface area contributed by atoms with Crippen molar-refractivity contribution < 1.29 is 9.90 Å². The van der Waals surface area contributed by atoms with E-state index in [1.54, 1.807) is 0 Å². The summed E-state index contributed by atoms with van der Waals surface area (Å²) in [6.07, 6.45) is 0. The van der Waals surface area contributed by atoms with Gasteiger partial charge in [-0.05, 0) is 25.1 Å². The minimum atomic E-state index is -0.381. The first-order chi connectivity index (χ1) is 7.58. The van der Waals surface area contributed by atoms with E-state index >= 15 is 0 Å². The number of benzene rings is 1. The van der Waals surface area contributed by atoms with Gasteiger partial charge in [-0.3, -0.25) is 4.79 Å². The van der Waals surface area contributed by atoms with Gasteiger partial charge in [-0.2, -0.15) is 0 Å². The molecule has 0 atom stereocenters. The monoisotopic (exact) mass is 286 g/mol. The van der Waals surface area contributed by atoms with Gasteiger partial charge in [0.1, 0.15) is 0 Å². The molecule has 1 aromatic carbocycles. The SMILES string of the molecule is CCN(CC(N)=O)c1ccc(Br)cc1CO. The van der Waals surface area contributed by atoms with E-state index in [4.69, 9.17) is 5.73 Å². The molecule has 0 heterocycles. The fourth-order valence-corrected chi connectivity index (χ4v) is 1.95. The second-order valence-electron chi connectivity index (χ2n) is 3.41. The molecule has 0 aromatic heterocycles. The average molecular weight is 287 g/mol. The molecule has 0 aliphatic heterocycles. The fourth-order valence-electron chi connectivity index (χ4n) is 1.54. The lowest BCUT2D eigenvalue weighted by Gasteiger charge is -2.23. The number of primary amides is 1. The van der Waals surface area contributed by atoms with Gasteiger partial charge >= 0.3 is 0 Å². The summed E-state index contributed by atoms with van der Waals surface area (Å²) in [5.41, 5.74) is 6.79. The van der Waals surface area contributed by atoms with Crippen LogP contribution in [0.15, 0.2) is 22.7 Å². The van der Waals surface area contributed by atoms with Crippen LogP contribution in [0.4, 0.5) is 5.69 Å². The molecule has 1 aromatic rings. The number of nitrogens with two attached hydrogens (primary N) is 1. The van der Waals surface area contributed by atoms with Gasteiger partial charge in [0.15, 0.2) is 0 Å². The van der Waals surface area contributed by atoms with Gasteiger partial charge in [-0.25, -0.2) is 0 Å². The largest absolute Gasteiger partial charge is 0.392 e. The maximum Gasteiger partial charge on any atom is 0.236 e. The third-order valence-corrected chi connectivity index (χ3v) is 2.77. The van der Waals surface area contributed by atoms with Gasteiger partial charge in [0.2, 0.25) is 5.91 Å². The summed E-state index contributed by atoms with van der Waals surface area (Å²) in [6.45, 7) is 2.69. The van der Waals surface area contributed by atoms with E-state index < -0.39 is 0 Å². The Balaban J connectivity index is 3.03. The first-order valence-electron chi connectivity index (χ1n) is 5.01. The molecule has 0 bridgehead atoms. The lowest BCUT2D eigenvalue weighted by atomic mass is 10.1. The van der Waals surface area contributed by atoms with Crippen molar-refractivity contribution in [2.24, 2.45) is 5.73 Å². The summed E-state index contributed by atoms with van der Waals surface area (Å²) >= 11 is 3.34. The first kappa shape index (κ1) is 13.0. The van der Waals surface area contributed by atoms with E-state index in [0.717, 1.165) is 15.7 Å². The summed E-state index contributed by atoms with van der Waals surface area (Å²) in [5.74, 6) is -0.381. The number of carbonyl (C=O) groups excluding carboxylic acids is 1. The van der Waals surface area contributed by atoms with E-state index in [-0.39, 0.29) is 19.1 Å². The summed E-state index contributed by atoms with van der Waals surface area (Å²) in [4.78, 5) is 12.8. The Morgan fingerprint density at radius 3 is 2.75 bits per heavy atom. The second-order valence-corrected chi connectivity index (χ2v) is 4.33. The van der Waals surface area contributed by atoms with E-state index in [1.807, 2.05) is 30.0 Å². The number of likely N-dealkylation sites (N-methyl/N-ethyl adjacent to an activating group) is 1. The van der Waals surface area contributed by atoms with Crippen molar-refractivity contribution in [3.8, 4) is 0 Å². The predicted octanol–water partition coefficient (Wildman–Crippen LogP) is 1.25. The van der Waals surface area contributed by atoms with Crippen LogP contribution in [0.2, 0.25) is 0 Å². The van der Waals surface area contributed by atoms with Gasteiger partial charge in [0.25, 0.3) is 0 Å². The standard InChI is InChI=1S/C11H15BrN2O2/c1-2-14(6-11(13)16)10-4-3-9(12)5-8(10)7-15/h3-5,15H,2,6-7H2,1H3,(H2,13,16). The number of anilines is 1. The highest BCUT2D eigenvalue weighted by atomic mass is 79.9. The second kappa shape index (κ2) is 5.86. The van der Waals surface area contributed by atoms with Crippen LogP contribution in [-0.2, 0) is 11.4 Å². The zero-order valence-corrected chi connectivity index (χ0v) is 10.7. The highest BCUT2D eigenvalue weighted by Crippen LogP contribution is 2.24. The number of aliphatic hydroxyl groups is 1. The van der Waals surface area contributed by atoms with Crippen molar-refractivity contribution in [2.75, 3.05) is 18.0 Å². The van der Waals surface area contributed by atoms with Crippen LogP contribution < -0.4 is 10.6 Å². The predicted molar refractivity (Wildman–Crippen MR) is 67.1 cm³/mol. The molecule has 0 unspecified atom stereocenters. The minimum absolute atomic E-state index is 0.0654. The normalized spacial score (nSPS) is 10.2. The molecule has 0 saturated carbocycles. The number of hydrogen-bond acceptors (Lipinski definition) is 3. The molecule has 88 valence electrons. The lowest BCUT2D eigenvalue weighted by Crippen LogP contribution is -2.34. The highest BCUT2D eigenvalue weighted by molar-refractivity contribution is 9.10. The number of aliphatic hydroxyl groups excluding tert-OH is 1. The maximum atomic E-state index is 10.9. The number of rotatable bonds is 5. The van der Waals surface area contributed by atoms with Crippen molar-refractivity contribution in [3.05, 3.63) is 28.2 Å². The van der Waals surface area contributed by atoms with E-state index in [2.05, 4.69) is 15.9 Å². The molecule has 0 saturated heterocycles. The Kier molecular flexibility index (Phi) is 4.76. The van der Waals surface area contributed by atoms with Crippen molar-refractivity contribution in [3.63, 3.8) is 0 Å². The zero-order chi connectivity index (χ0) is 12.1. The van der Waals surface area contributed by atoms with Crippen LogP contribution in [0.25, 0.3) is 0 Å². The van der Waals surface area contributed by atoms with Crippen molar-refractivity contribution in [1.82, 2.24) is 0 Å². The van der Waals surface area contributed by atoms with E-state index in [0.29, 0.717) is 6.54 Å². The fraction of sp³-hybridized carbons (Fsp3) is 0.364. The number of carbonyl (C=O) groups is 1. The molecule has 0 spiro atoms. The van der Waals surface area contributed by atoms with E-state index in [1.165, 1.54) is 0 Å². The first-order valence-corrected chi connectivity index (χ1v) is 5.80. The Hall–Kier alpha value is -1.07. The van der Waals surface area contributed by atoms with Gasteiger partial charge in [-0.15, -0.1) is 0 Å². The Labute approximate surface area is 103 Å². The quantitative estimate of drug-likeness (QED) is 0.856. The molecule has 5 heteroatoms.